The van der Waals surface area contributed by atoms with Gasteiger partial charge >= 0.3 is 0 Å². The first-order valence-electron chi connectivity index (χ1n) is 7.42. The smallest absolute Gasteiger partial charge is 0.240 e. The lowest BCUT2D eigenvalue weighted by molar-refractivity contribution is 0.265. The minimum atomic E-state index is 0.466. The van der Waals surface area contributed by atoms with Gasteiger partial charge in [-0.15, -0.1) is 0 Å². The molecule has 1 aromatic heterocycles. The first-order valence-corrected chi connectivity index (χ1v) is 7.42. The highest BCUT2D eigenvalue weighted by atomic mass is 16.5. The number of hydrogen-bond acceptors (Lipinski definition) is 6. The molecule has 6 heteroatoms. The van der Waals surface area contributed by atoms with Gasteiger partial charge < -0.3 is 14.0 Å². The zero-order valence-electron chi connectivity index (χ0n) is 13.2. The molecule has 0 unspecified atom stereocenters. The van der Waals surface area contributed by atoms with E-state index in [9.17, 15) is 0 Å². The fourth-order valence-corrected chi connectivity index (χ4v) is 2.91. The third kappa shape index (κ3) is 3.22. The second kappa shape index (κ2) is 6.36. The van der Waals surface area contributed by atoms with E-state index in [1.807, 2.05) is 13.0 Å². The summed E-state index contributed by atoms with van der Waals surface area (Å²) in [5, 5.41) is 3.84. The Morgan fingerprint density at radius 1 is 1.23 bits per heavy atom. The van der Waals surface area contributed by atoms with Gasteiger partial charge in [0, 0.05) is 12.6 Å². The number of hydrogen-bond donors (Lipinski definition) is 0. The summed E-state index contributed by atoms with van der Waals surface area (Å²) in [7, 11) is 3.36. The molecule has 0 bridgehead atoms. The lowest BCUT2D eigenvalue weighted by Gasteiger charge is -2.15. The molecule has 2 aromatic rings. The standard InChI is InChI=1S/C16H21N3O3/c1-11-17-16(22-18-11)10-19-5-4-12(9-19)13-6-14(20-2)8-15(7-13)21-3/h6-8,12H,4-5,9-10H2,1-3H3/t12-/m1/s1. The summed E-state index contributed by atoms with van der Waals surface area (Å²) in [5.41, 5.74) is 1.25. The third-order valence-corrected chi connectivity index (χ3v) is 4.05. The van der Waals surface area contributed by atoms with Crippen LogP contribution in [0.4, 0.5) is 0 Å². The van der Waals surface area contributed by atoms with Crippen LogP contribution in [0.2, 0.25) is 0 Å². The minimum Gasteiger partial charge on any atom is -0.497 e. The molecule has 0 N–H and O–H groups in total. The summed E-state index contributed by atoms with van der Waals surface area (Å²) in [6.45, 7) is 4.53. The fourth-order valence-electron chi connectivity index (χ4n) is 2.91. The number of aryl methyl sites for hydroxylation is 1. The Kier molecular flexibility index (Phi) is 4.29. The van der Waals surface area contributed by atoms with E-state index in [0.29, 0.717) is 24.2 Å². The second-order valence-corrected chi connectivity index (χ2v) is 5.60. The number of likely N-dealkylation sites (tertiary alicyclic amines) is 1. The lowest BCUT2D eigenvalue weighted by atomic mass is 9.98. The van der Waals surface area contributed by atoms with E-state index in [1.54, 1.807) is 14.2 Å². The van der Waals surface area contributed by atoms with Gasteiger partial charge in [0.15, 0.2) is 5.82 Å². The largest absolute Gasteiger partial charge is 0.497 e. The zero-order valence-corrected chi connectivity index (χ0v) is 13.2. The van der Waals surface area contributed by atoms with E-state index < -0.39 is 0 Å². The average molecular weight is 303 g/mol. The molecule has 1 aromatic carbocycles. The molecule has 1 fully saturated rings. The van der Waals surface area contributed by atoms with Crippen molar-refractivity contribution in [3.05, 3.63) is 35.5 Å². The number of rotatable bonds is 5. The molecule has 6 nitrogen and oxygen atoms in total. The summed E-state index contributed by atoms with van der Waals surface area (Å²) in [5.74, 6) is 3.50. The molecule has 1 aliphatic rings. The summed E-state index contributed by atoms with van der Waals surface area (Å²) in [6.07, 6.45) is 1.10. The molecule has 2 heterocycles. The first kappa shape index (κ1) is 14.8. The first-order chi connectivity index (χ1) is 10.7. The van der Waals surface area contributed by atoms with Crippen LogP contribution in [-0.2, 0) is 6.54 Å². The van der Waals surface area contributed by atoms with Crippen LogP contribution in [0, 0.1) is 6.92 Å². The quantitative estimate of drug-likeness (QED) is 0.845. The van der Waals surface area contributed by atoms with Crippen molar-refractivity contribution in [2.24, 2.45) is 0 Å². The predicted octanol–water partition coefficient (Wildman–Crippen LogP) is 2.38. The molecular formula is C16H21N3O3. The van der Waals surface area contributed by atoms with Gasteiger partial charge in [-0.05, 0) is 43.5 Å². The van der Waals surface area contributed by atoms with Crippen LogP contribution in [-0.4, -0.2) is 42.3 Å². The van der Waals surface area contributed by atoms with Crippen LogP contribution in [0.1, 0.15) is 29.6 Å². The maximum absolute atomic E-state index is 5.36. The van der Waals surface area contributed by atoms with Crippen LogP contribution >= 0.6 is 0 Å². The van der Waals surface area contributed by atoms with Gasteiger partial charge in [-0.1, -0.05) is 5.16 Å². The van der Waals surface area contributed by atoms with Crippen LogP contribution in [0.3, 0.4) is 0 Å². The van der Waals surface area contributed by atoms with E-state index >= 15 is 0 Å². The number of aromatic nitrogens is 2. The predicted molar refractivity (Wildman–Crippen MR) is 81.2 cm³/mol. The van der Waals surface area contributed by atoms with E-state index in [0.717, 1.165) is 31.0 Å². The van der Waals surface area contributed by atoms with Crippen LogP contribution in [0.25, 0.3) is 0 Å². The molecular weight excluding hydrogens is 282 g/mol. The number of ether oxygens (including phenoxy) is 2. The number of nitrogens with zero attached hydrogens (tertiary/aromatic N) is 3. The summed E-state index contributed by atoms with van der Waals surface area (Å²) in [6, 6.07) is 6.08. The molecule has 1 aliphatic heterocycles. The van der Waals surface area contributed by atoms with Gasteiger partial charge in [0.1, 0.15) is 11.5 Å². The van der Waals surface area contributed by atoms with Gasteiger partial charge in [0.05, 0.1) is 20.8 Å². The van der Waals surface area contributed by atoms with Gasteiger partial charge in [-0.2, -0.15) is 4.98 Å². The molecule has 118 valence electrons. The van der Waals surface area contributed by atoms with Crippen LogP contribution < -0.4 is 9.47 Å². The topological polar surface area (TPSA) is 60.6 Å². The Balaban J connectivity index is 1.69. The maximum Gasteiger partial charge on any atom is 0.240 e. The minimum absolute atomic E-state index is 0.466. The van der Waals surface area contributed by atoms with Gasteiger partial charge in [0.25, 0.3) is 0 Å². The Morgan fingerprint density at radius 2 is 1.95 bits per heavy atom. The molecule has 0 radical (unpaired) electrons. The van der Waals surface area contributed by atoms with Crippen molar-refractivity contribution in [1.29, 1.82) is 0 Å². The van der Waals surface area contributed by atoms with Gasteiger partial charge in [0.2, 0.25) is 5.89 Å². The summed E-state index contributed by atoms with van der Waals surface area (Å²) < 4.78 is 15.9. The van der Waals surface area contributed by atoms with E-state index in [4.69, 9.17) is 14.0 Å². The molecule has 22 heavy (non-hydrogen) atoms. The van der Waals surface area contributed by atoms with Crippen LogP contribution in [0.15, 0.2) is 22.7 Å². The SMILES string of the molecule is COc1cc(OC)cc([C@@H]2CCN(Cc3nc(C)no3)C2)c1. The zero-order chi connectivity index (χ0) is 15.5. The van der Waals surface area contributed by atoms with Crippen molar-refractivity contribution in [2.75, 3.05) is 27.3 Å². The molecule has 0 saturated carbocycles. The third-order valence-electron chi connectivity index (χ3n) is 4.05. The van der Waals surface area contributed by atoms with Crippen molar-refractivity contribution in [2.45, 2.75) is 25.8 Å². The van der Waals surface area contributed by atoms with Crippen molar-refractivity contribution in [3.8, 4) is 11.5 Å². The molecule has 1 saturated heterocycles. The molecule has 0 spiro atoms. The Bertz CT molecular complexity index is 619. The maximum atomic E-state index is 5.36. The van der Waals surface area contributed by atoms with E-state index in [2.05, 4.69) is 27.2 Å². The van der Waals surface area contributed by atoms with Crippen molar-refractivity contribution >= 4 is 0 Å². The van der Waals surface area contributed by atoms with Gasteiger partial charge in [-0.3, -0.25) is 4.90 Å². The molecule has 3 rings (SSSR count). The highest BCUT2D eigenvalue weighted by Crippen LogP contribution is 2.33. The fraction of sp³-hybridized carbons (Fsp3) is 0.500. The normalized spacial score (nSPS) is 18.6. The van der Waals surface area contributed by atoms with Crippen molar-refractivity contribution < 1.29 is 14.0 Å². The average Bonchev–Trinajstić information content (AvgIpc) is 3.16. The van der Waals surface area contributed by atoms with Crippen molar-refractivity contribution in [1.82, 2.24) is 15.0 Å². The lowest BCUT2D eigenvalue weighted by Crippen LogP contribution is -2.20. The Morgan fingerprint density at radius 3 is 2.55 bits per heavy atom. The van der Waals surface area contributed by atoms with E-state index in [-0.39, 0.29) is 0 Å². The number of benzene rings is 1. The van der Waals surface area contributed by atoms with Crippen LogP contribution in [0.5, 0.6) is 11.5 Å². The second-order valence-electron chi connectivity index (χ2n) is 5.60. The van der Waals surface area contributed by atoms with E-state index in [1.165, 1.54) is 5.56 Å². The molecule has 0 aliphatic carbocycles. The van der Waals surface area contributed by atoms with Gasteiger partial charge in [-0.25, -0.2) is 0 Å². The monoisotopic (exact) mass is 303 g/mol. The summed E-state index contributed by atoms with van der Waals surface area (Å²) >= 11 is 0. The molecule has 0 amide bonds. The highest BCUT2D eigenvalue weighted by molar-refractivity contribution is 5.40. The molecule has 1 atom stereocenters. The number of methoxy groups -OCH3 is 2. The summed E-state index contributed by atoms with van der Waals surface area (Å²) in [4.78, 5) is 6.60. The Labute approximate surface area is 130 Å². The highest BCUT2D eigenvalue weighted by Gasteiger charge is 2.26. The Hall–Kier alpha value is -2.08. The van der Waals surface area contributed by atoms with Crippen molar-refractivity contribution in [3.63, 3.8) is 0 Å².